The van der Waals surface area contributed by atoms with Crippen LogP contribution in [-0.2, 0) is 18.3 Å². The van der Waals surface area contributed by atoms with E-state index in [-0.39, 0.29) is 12.4 Å². The molecule has 0 bridgehead atoms. The van der Waals surface area contributed by atoms with Crippen LogP contribution in [0.25, 0.3) is 11.2 Å². The Morgan fingerprint density at radius 1 is 1.17 bits per heavy atom. The fourth-order valence-corrected chi connectivity index (χ4v) is 3.73. The zero-order valence-electron chi connectivity index (χ0n) is 15.6. The highest BCUT2D eigenvalue weighted by Gasteiger charge is 2.45. The summed E-state index contributed by atoms with van der Waals surface area (Å²) >= 11 is 0. The van der Waals surface area contributed by atoms with Gasteiger partial charge in [0, 0.05) is 0 Å². The molecule has 3 heterocycles. The van der Waals surface area contributed by atoms with Crippen LogP contribution in [0.15, 0.2) is 12.7 Å². The Labute approximate surface area is 166 Å². The van der Waals surface area contributed by atoms with E-state index in [1.165, 1.54) is 17.2 Å². The smallest absolute Gasteiger partial charge is 0.387 e. The summed E-state index contributed by atoms with van der Waals surface area (Å²) in [6.07, 6.45) is -0.146. The third-order valence-electron chi connectivity index (χ3n) is 4.50. The number of aliphatic hydroxyl groups is 2. The third kappa shape index (κ3) is 5.08. The fourth-order valence-electron chi connectivity index (χ4n) is 2.96. The largest absolute Gasteiger partial charge is 0.472 e. The molecule has 5 atom stereocenters. The van der Waals surface area contributed by atoms with Crippen LogP contribution in [0.3, 0.4) is 0 Å². The molecular weight excluding hydrogens is 407 g/mol. The number of aliphatic hydroxyl groups excluding tert-OH is 2. The second-order valence-electron chi connectivity index (χ2n) is 6.58. The third-order valence-corrected chi connectivity index (χ3v) is 5.49. The molecule has 0 saturated carbocycles. The van der Waals surface area contributed by atoms with E-state index < -0.39 is 39.0 Å². The van der Waals surface area contributed by atoms with E-state index >= 15 is 0 Å². The monoisotopic (exact) mass is 432 g/mol. The van der Waals surface area contributed by atoms with Crippen LogP contribution in [-0.4, -0.2) is 72.7 Å². The first-order valence-electron chi connectivity index (χ1n) is 9.10. The van der Waals surface area contributed by atoms with Crippen molar-refractivity contribution in [3.8, 4) is 0 Å². The number of nitrogens with zero attached hydrogens (tertiary/aromatic N) is 4. The molecule has 162 valence electrons. The number of phosphoric ester groups is 1. The van der Waals surface area contributed by atoms with Crippen molar-refractivity contribution >= 4 is 24.8 Å². The number of unbranched alkanes of at least 4 members (excludes halogenated alkanes) is 2. The number of hydrogen-bond acceptors (Lipinski definition) is 11. The van der Waals surface area contributed by atoms with Gasteiger partial charge in [-0.25, -0.2) is 19.5 Å². The van der Waals surface area contributed by atoms with Gasteiger partial charge >= 0.3 is 7.82 Å². The van der Waals surface area contributed by atoms with Crippen LogP contribution < -0.4 is 11.5 Å². The van der Waals surface area contributed by atoms with Crippen molar-refractivity contribution in [2.45, 2.75) is 43.8 Å². The van der Waals surface area contributed by atoms with Crippen LogP contribution >= 0.6 is 7.82 Å². The van der Waals surface area contributed by atoms with Gasteiger partial charge in [0.1, 0.15) is 30.2 Å². The van der Waals surface area contributed by atoms with Gasteiger partial charge in [-0.2, -0.15) is 0 Å². The quantitative estimate of drug-likeness (QED) is 0.233. The molecule has 1 unspecified atom stereocenters. The van der Waals surface area contributed by atoms with Crippen molar-refractivity contribution in [2.75, 3.05) is 25.5 Å². The summed E-state index contributed by atoms with van der Waals surface area (Å²) < 4.78 is 28.8. The molecule has 2 aromatic rings. The molecule has 7 N–H and O–H groups in total. The molecule has 13 nitrogen and oxygen atoms in total. The van der Waals surface area contributed by atoms with Crippen LogP contribution in [0, 0.1) is 0 Å². The maximum atomic E-state index is 12.0. The minimum atomic E-state index is -4.33. The lowest BCUT2D eigenvalue weighted by Crippen LogP contribution is -2.33. The number of nitrogens with two attached hydrogens (primary N) is 2. The van der Waals surface area contributed by atoms with E-state index in [4.69, 9.17) is 25.3 Å². The Morgan fingerprint density at radius 3 is 2.72 bits per heavy atom. The molecule has 0 spiro atoms. The minimum Gasteiger partial charge on any atom is -0.387 e. The first-order valence-corrected chi connectivity index (χ1v) is 10.6. The number of imidazole rings is 1. The molecule has 1 aliphatic heterocycles. The number of anilines is 1. The molecule has 0 amide bonds. The SMILES string of the molecule is NCCCCCOP(=O)(O)OC[C@H]1O[C@@H](n2cnc3c(N)ncnc32)[C@H](O)[C@@H]1O. The average molecular weight is 432 g/mol. The molecule has 1 saturated heterocycles. The van der Waals surface area contributed by atoms with E-state index in [9.17, 15) is 19.7 Å². The highest BCUT2D eigenvalue weighted by Crippen LogP contribution is 2.44. The van der Waals surface area contributed by atoms with Crippen LogP contribution in [0.5, 0.6) is 0 Å². The topological polar surface area (TPSA) is 201 Å². The highest BCUT2D eigenvalue weighted by atomic mass is 31.2. The Morgan fingerprint density at radius 2 is 1.97 bits per heavy atom. The predicted octanol–water partition coefficient (Wildman–Crippen LogP) is -0.710. The van der Waals surface area contributed by atoms with E-state index in [0.717, 1.165) is 12.8 Å². The number of phosphoric acid groups is 1. The number of hydrogen-bond donors (Lipinski definition) is 5. The predicted molar refractivity (Wildman–Crippen MR) is 100 cm³/mol. The van der Waals surface area contributed by atoms with Crippen molar-refractivity contribution in [3.63, 3.8) is 0 Å². The number of ether oxygens (including phenoxy) is 1. The first-order chi connectivity index (χ1) is 13.8. The van der Waals surface area contributed by atoms with Gasteiger partial charge in [0.05, 0.1) is 19.5 Å². The second-order valence-corrected chi connectivity index (χ2v) is 8.03. The van der Waals surface area contributed by atoms with Gasteiger partial charge in [-0.3, -0.25) is 13.6 Å². The Hall–Kier alpha value is -1.70. The molecule has 29 heavy (non-hydrogen) atoms. The number of nitrogen functional groups attached to an aromatic ring is 1. The van der Waals surface area contributed by atoms with Crippen LogP contribution in [0.2, 0.25) is 0 Å². The molecule has 1 aliphatic rings. The lowest BCUT2D eigenvalue weighted by atomic mass is 10.1. The zero-order chi connectivity index (χ0) is 21.0. The van der Waals surface area contributed by atoms with Crippen molar-refractivity contribution < 1.29 is 33.5 Å². The molecule has 0 aromatic carbocycles. The standard InChI is InChI=1S/C15H25N6O7P/c16-4-2-1-3-5-26-29(24,25)27-6-9-11(22)12(23)15(28-9)21-8-20-10-13(17)18-7-19-14(10)21/h7-9,11-12,15,22-23H,1-6,16H2,(H,24,25)(H2,17,18,19)/t9-,11-,12-,15-/m1/s1. The molecule has 2 aromatic heterocycles. The maximum Gasteiger partial charge on any atom is 0.472 e. The van der Waals surface area contributed by atoms with E-state index in [0.29, 0.717) is 24.1 Å². The summed E-state index contributed by atoms with van der Waals surface area (Å²) in [7, 11) is -4.33. The molecule has 0 aliphatic carbocycles. The summed E-state index contributed by atoms with van der Waals surface area (Å²) in [5.74, 6) is 0.159. The fraction of sp³-hybridized carbons (Fsp3) is 0.667. The van der Waals surface area contributed by atoms with Gasteiger partial charge in [0.15, 0.2) is 17.7 Å². The molecule has 1 fully saturated rings. The summed E-state index contributed by atoms with van der Waals surface area (Å²) in [6.45, 7) is 0.114. The molecule has 3 rings (SSSR count). The summed E-state index contributed by atoms with van der Waals surface area (Å²) in [5.41, 5.74) is 11.7. The van der Waals surface area contributed by atoms with Crippen molar-refractivity contribution in [2.24, 2.45) is 5.73 Å². The number of rotatable bonds is 10. The van der Waals surface area contributed by atoms with E-state index in [2.05, 4.69) is 15.0 Å². The van der Waals surface area contributed by atoms with Crippen molar-refractivity contribution in [1.82, 2.24) is 19.5 Å². The van der Waals surface area contributed by atoms with Crippen molar-refractivity contribution in [3.05, 3.63) is 12.7 Å². The minimum absolute atomic E-state index is 0.0370. The van der Waals surface area contributed by atoms with E-state index in [1.807, 2.05) is 0 Å². The second kappa shape index (κ2) is 9.41. The van der Waals surface area contributed by atoms with Gasteiger partial charge in [-0.1, -0.05) is 0 Å². The Kier molecular flexibility index (Phi) is 7.14. The average Bonchev–Trinajstić information content (AvgIpc) is 3.23. The molecular formula is C15H25N6O7P. The van der Waals surface area contributed by atoms with Gasteiger partial charge in [-0.15, -0.1) is 0 Å². The van der Waals surface area contributed by atoms with Crippen molar-refractivity contribution in [1.29, 1.82) is 0 Å². The maximum absolute atomic E-state index is 12.0. The lowest BCUT2D eigenvalue weighted by Gasteiger charge is -2.17. The zero-order valence-corrected chi connectivity index (χ0v) is 16.5. The van der Waals surface area contributed by atoms with Gasteiger partial charge in [0.2, 0.25) is 0 Å². The molecule has 14 heteroatoms. The van der Waals surface area contributed by atoms with Gasteiger partial charge < -0.3 is 31.3 Å². The van der Waals surface area contributed by atoms with Gasteiger partial charge in [0.25, 0.3) is 0 Å². The Balaban J connectivity index is 1.59. The summed E-state index contributed by atoms with van der Waals surface area (Å²) in [4.78, 5) is 21.7. The summed E-state index contributed by atoms with van der Waals surface area (Å²) in [5, 5.41) is 20.6. The van der Waals surface area contributed by atoms with Crippen LogP contribution in [0.4, 0.5) is 5.82 Å². The highest BCUT2D eigenvalue weighted by molar-refractivity contribution is 7.47. The lowest BCUT2D eigenvalue weighted by molar-refractivity contribution is -0.0514. The normalized spacial score (nSPS) is 26.8. The van der Waals surface area contributed by atoms with Crippen LogP contribution in [0.1, 0.15) is 25.5 Å². The molecule has 0 radical (unpaired) electrons. The van der Waals surface area contributed by atoms with E-state index in [1.54, 1.807) is 0 Å². The first kappa shape index (κ1) is 22.0. The number of aromatic nitrogens is 4. The Bertz CT molecular complexity index is 867. The number of fused-ring (bicyclic) bond motifs is 1. The van der Waals surface area contributed by atoms with Gasteiger partial charge in [-0.05, 0) is 25.8 Å². The summed E-state index contributed by atoms with van der Waals surface area (Å²) in [6, 6.07) is 0.